The molecule has 5 nitrogen and oxygen atoms in total. The largest absolute Gasteiger partial charge is 0.489 e. The monoisotopic (exact) mass is 333 g/mol. The maximum atomic E-state index is 11.9. The van der Waals surface area contributed by atoms with Gasteiger partial charge in [-0.1, -0.05) is 36.4 Å². The van der Waals surface area contributed by atoms with Gasteiger partial charge in [0, 0.05) is 24.6 Å². The number of hydrogen-bond donors (Lipinski definition) is 2. The van der Waals surface area contributed by atoms with E-state index >= 15 is 0 Å². The summed E-state index contributed by atoms with van der Waals surface area (Å²) in [5.74, 6) is 0.755. The van der Waals surface area contributed by atoms with E-state index in [1.54, 1.807) is 12.4 Å². The Labute approximate surface area is 146 Å². The second kappa shape index (κ2) is 8.49. The summed E-state index contributed by atoms with van der Waals surface area (Å²) in [6.07, 6.45) is 3.42. The minimum Gasteiger partial charge on any atom is -0.489 e. The second-order valence-electron chi connectivity index (χ2n) is 5.47. The van der Waals surface area contributed by atoms with Gasteiger partial charge in [-0.25, -0.2) is 4.79 Å². The van der Waals surface area contributed by atoms with Gasteiger partial charge in [-0.3, -0.25) is 4.98 Å². The van der Waals surface area contributed by atoms with Crippen LogP contribution in [-0.2, 0) is 13.2 Å². The van der Waals surface area contributed by atoms with Crippen LogP contribution in [0, 0.1) is 0 Å². The fraction of sp³-hybridized carbons (Fsp3) is 0.100. The summed E-state index contributed by atoms with van der Waals surface area (Å²) in [6, 6.07) is 20.7. The molecule has 0 spiro atoms. The minimum atomic E-state index is -0.262. The Balaban J connectivity index is 1.46. The first-order valence-corrected chi connectivity index (χ1v) is 8.00. The van der Waals surface area contributed by atoms with Crippen LogP contribution in [0.5, 0.6) is 5.75 Å². The molecule has 126 valence electrons. The quantitative estimate of drug-likeness (QED) is 0.717. The number of amides is 2. The molecule has 2 aromatic carbocycles. The lowest BCUT2D eigenvalue weighted by molar-refractivity contribution is 0.251. The number of hydrogen-bond acceptors (Lipinski definition) is 3. The third-order valence-corrected chi connectivity index (χ3v) is 3.54. The minimum absolute atomic E-state index is 0.262. The Bertz CT molecular complexity index is 790. The van der Waals surface area contributed by atoms with E-state index in [-0.39, 0.29) is 6.03 Å². The van der Waals surface area contributed by atoms with Crippen LogP contribution in [0.2, 0.25) is 0 Å². The third-order valence-electron chi connectivity index (χ3n) is 3.54. The topological polar surface area (TPSA) is 63.2 Å². The van der Waals surface area contributed by atoms with Crippen LogP contribution < -0.4 is 15.4 Å². The molecule has 1 heterocycles. The average molecular weight is 333 g/mol. The van der Waals surface area contributed by atoms with Gasteiger partial charge in [-0.05, 0) is 41.5 Å². The SMILES string of the molecule is O=C(NCc1cccnc1)Nc1ccc(OCc2ccccc2)cc1. The highest BCUT2D eigenvalue weighted by Crippen LogP contribution is 2.17. The van der Waals surface area contributed by atoms with Gasteiger partial charge in [0.1, 0.15) is 12.4 Å². The number of ether oxygens (including phenoxy) is 1. The number of aromatic nitrogens is 1. The average Bonchev–Trinajstić information content (AvgIpc) is 2.67. The normalized spacial score (nSPS) is 10.1. The highest BCUT2D eigenvalue weighted by molar-refractivity contribution is 5.89. The van der Waals surface area contributed by atoms with Crippen LogP contribution in [0.3, 0.4) is 0 Å². The fourth-order valence-electron chi connectivity index (χ4n) is 2.24. The van der Waals surface area contributed by atoms with Gasteiger partial charge in [0.25, 0.3) is 0 Å². The van der Waals surface area contributed by atoms with Crippen molar-refractivity contribution in [2.75, 3.05) is 5.32 Å². The van der Waals surface area contributed by atoms with Gasteiger partial charge in [0.15, 0.2) is 0 Å². The Kier molecular flexibility index (Phi) is 5.61. The van der Waals surface area contributed by atoms with Crippen molar-refractivity contribution in [3.05, 3.63) is 90.3 Å². The van der Waals surface area contributed by atoms with Gasteiger partial charge in [0.05, 0.1) is 0 Å². The van der Waals surface area contributed by atoms with E-state index in [0.717, 1.165) is 16.9 Å². The van der Waals surface area contributed by atoms with Gasteiger partial charge in [-0.2, -0.15) is 0 Å². The number of urea groups is 1. The molecule has 2 N–H and O–H groups in total. The molecule has 0 atom stereocenters. The molecular formula is C20H19N3O2. The van der Waals surface area contributed by atoms with Crippen molar-refractivity contribution in [3.63, 3.8) is 0 Å². The number of anilines is 1. The molecule has 0 radical (unpaired) electrons. The molecule has 0 saturated heterocycles. The van der Waals surface area contributed by atoms with Crippen LogP contribution in [0.4, 0.5) is 10.5 Å². The second-order valence-corrected chi connectivity index (χ2v) is 5.47. The summed E-state index contributed by atoms with van der Waals surface area (Å²) in [4.78, 5) is 15.9. The zero-order valence-electron chi connectivity index (χ0n) is 13.7. The van der Waals surface area contributed by atoms with Gasteiger partial charge in [0.2, 0.25) is 0 Å². The lowest BCUT2D eigenvalue weighted by Gasteiger charge is -2.09. The van der Waals surface area contributed by atoms with Crippen molar-refractivity contribution >= 4 is 11.7 Å². The van der Waals surface area contributed by atoms with Crippen LogP contribution in [0.15, 0.2) is 79.1 Å². The van der Waals surface area contributed by atoms with E-state index in [0.29, 0.717) is 18.8 Å². The Morgan fingerprint density at radius 3 is 2.40 bits per heavy atom. The van der Waals surface area contributed by atoms with E-state index in [2.05, 4.69) is 15.6 Å². The number of pyridine rings is 1. The lowest BCUT2D eigenvalue weighted by Crippen LogP contribution is -2.28. The van der Waals surface area contributed by atoms with E-state index < -0.39 is 0 Å². The summed E-state index contributed by atoms with van der Waals surface area (Å²) in [7, 11) is 0. The third kappa shape index (κ3) is 5.35. The van der Waals surface area contributed by atoms with E-state index in [1.165, 1.54) is 0 Å². The molecule has 0 aliphatic rings. The molecule has 5 heteroatoms. The van der Waals surface area contributed by atoms with Crippen molar-refractivity contribution in [3.8, 4) is 5.75 Å². The molecule has 3 aromatic rings. The van der Waals surface area contributed by atoms with Crippen LogP contribution in [0.25, 0.3) is 0 Å². The van der Waals surface area contributed by atoms with Crippen molar-refractivity contribution in [1.82, 2.24) is 10.3 Å². The van der Waals surface area contributed by atoms with E-state index in [1.807, 2.05) is 66.7 Å². The maximum absolute atomic E-state index is 11.9. The van der Waals surface area contributed by atoms with Crippen LogP contribution in [0.1, 0.15) is 11.1 Å². The molecule has 1 aromatic heterocycles. The predicted molar refractivity (Wildman–Crippen MR) is 97.3 cm³/mol. The summed E-state index contributed by atoms with van der Waals surface area (Å²) < 4.78 is 5.72. The molecule has 0 aliphatic heterocycles. The van der Waals surface area contributed by atoms with Crippen molar-refractivity contribution < 1.29 is 9.53 Å². The summed E-state index contributed by atoms with van der Waals surface area (Å²) >= 11 is 0. The lowest BCUT2D eigenvalue weighted by atomic mass is 10.2. The molecular weight excluding hydrogens is 314 g/mol. The van der Waals surface area contributed by atoms with Gasteiger partial charge < -0.3 is 15.4 Å². The van der Waals surface area contributed by atoms with Gasteiger partial charge in [-0.15, -0.1) is 0 Å². The molecule has 25 heavy (non-hydrogen) atoms. The number of carbonyl (C=O) groups is 1. The highest BCUT2D eigenvalue weighted by Gasteiger charge is 2.02. The molecule has 0 unspecified atom stereocenters. The number of nitrogens with zero attached hydrogens (tertiary/aromatic N) is 1. The van der Waals surface area contributed by atoms with E-state index in [9.17, 15) is 4.79 Å². The van der Waals surface area contributed by atoms with Crippen molar-refractivity contribution in [1.29, 1.82) is 0 Å². The summed E-state index contributed by atoms with van der Waals surface area (Å²) in [6.45, 7) is 0.942. The number of nitrogens with one attached hydrogen (secondary N) is 2. The summed E-state index contributed by atoms with van der Waals surface area (Å²) in [5.41, 5.74) is 2.76. The zero-order chi connectivity index (χ0) is 17.3. The Morgan fingerprint density at radius 1 is 0.920 bits per heavy atom. The van der Waals surface area contributed by atoms with Crippen LogP contribution >= 0.6 is 0 Å². The molecule has 0 fully saturated rings. The smallest absolute Gasteiger partial charge is 0.319 e. The first-order chi connectivity index (χ1) is 12.3. The van der Waals surface area contributed by atoms with Crippen LogP contribution in [-0.4, -0.2) is 11.0 Å². The molecule has 0 aliphatic carbocycles. The number of benzene rings is 2. The molecule has 2 amide bonds. The first kappa shape index (κ1) is 16.5. The van der Waals surface area contributed by atoms with E-state index in [4.69, 9.17) is 4.74 Å². The zero-order valence-corrected chi connectivity index (χ0v) is 13.7. The number of rotatable bonds is 6. The Hall–Kier alpha value is -3.34. The predicted octanol–water partition coefficient (Wildman–Crippen LogP) is 3.98. The molecule has 0 bridgehead atoms. The fourth-order valence-corrected chi connectivity index (χ4v) is 2.24. The standard InChI is InChI=1S/C20H19N3O2/c24-20(22-14-17-7-4-12-21-13-17)23-18-8-10-19(11-9-18)25-15-16-5-2-1-3-6-16/h1-13H,14-15H2,(H2,22,23,24). The molecule has 3 rings (SSSR count). The Morgan fingerprint density at radius 2 is 1.68 bits per heavy atom. The maximum Gasteiger partial charge on any atom is 0.319 e. The summed E-state index contributed by atoms with van der Waals surface area (Å²) in [5, 5.41) is 5.57. The highest BCUT2D eigenvalue weighted by atomic mass is 16.5. The number of carbonyl (C=O) groups excluding carboxylic acids is 1. The molecule has 0 saturated carbocycles. The van der Waals surface area contributed by atoms with Crippen molar-refractivity contribution in [2.24, 2.45) is 0 Å². The van der Waals surface area contributed by atoms with Crippen molar-refractivity contribution in [2.45, 2.75) is 13.2 Å². The van der Waals surface area contributed by atoms with Gasteiger partial charge >= 0.3 is 6.03 Å². The first-order valence-electron chi connectivity index (χ1n) is 8.00.